The summed E-state index contributed by atoms with van der Waals surface area (Å²) in [6, 6.07) is 4.89. The van der Waals surface area contributed by atoms with Crippen LogP contribution in [-0.2, 0) is 6.18 Å². The van der Waals surface area contributed by atoms with Gasteiger partial charge in [0.1, 0.15) is 0 Å². The Labute approximate surface area is 127 Å². The maximum atomic E-state index is 12.7. The van der Waals surface area contributed by atoms with Crippen molar-refractivity contribution in [2.75, 3.05) is 19.6 Å². The first-order chi connectivity index (χ1) is 10.3. The highest BCUT2D eigenvalue weighted by atomic mass is 19.4. The molecule has 2 unspecified atom stereocenters. The number of nitrogens with zero attached hydrogens (tertiary/aromatic N) is 1. The van der Waals surface area contributed by atoms with Gasteiger partial charge in [0, 0.05) is 19.6 Å². The zero-order chi connectivity index (χ0) is 15.9. The minimum atomic E-state index is -4.39. The lowest BCUT2D eigenvalue weighted by Crippen LogP contribution is -2.28. The zero-order valence-corrected chi connectivity index (χ0v) is 12.1. The van der Waals surface area contributed by atoms with Crippen molar-refractivity contribution in [3.05, 3.63) is 35.4 Å². The van der Waals surface area contributed by atoms with E-state index in [1.807, 2.05) is 0 Å². The molecule has 0 amide bonds. The average molecular weight is 315 g/mol. The molecule has 2 aliphatic rings. The Bertz CT molecular complexity index is 520. The van der Waals surface area contributed by atoms with Gasteiger partial charge in [0.15, 0.2) is 0 Å². The number of fused-ring (bicyclic) bond motifs is 1. The second kappa shape index (κ2) is 5.83. The van der Waals surface area contributed by atoms with Crippen molar-refractivity contribution in [1.82, 2.24) is 4.90 Å². The van der Waals surface area contributed by atoms with Crippen molar-refractivity contribution in [2.45, 2.75) is 31.2 Å². The number of β-amino-alcohol motifs (C(OH)–C–C–N with tert-alkyl or cyclic N) is 1. The van der Waals surface area contributed by atoms with E-state index in [0.29, 0.717) is 23.9 Å². The van der Waals surface area contributed by atoms with E-state index in [4.69, 9.17) is 0 Å². The maximum Gasteiger partial charge on any atom is 0.416 e. The molecule has 6 heteroatoms. The van der Waals surface area contributed by atoms with Crippen LogP contribution in [0.25, 0.3) is 0 Å². The summed E-state index contributed by atoms with van der Waals surface area (Å²) in [5, 5.41) is 19.8. The highest BCUT2D eigenvalue weighted by Crippen LogP contribution is 2.38. The maximum absolute atomic E-state index is 12.7. The van der Waals surface area contributed by atoms with Gasteiger partial charge in [0.2, 0.25) is 0 Å². The Morgan fingerprint density at radius 3 is 2.41 bits per heavy atom. The fourth-order valence-corrected chi connectivity index (χ4v) is 3.79. The van der Waals surface area contributed by atoms with Crippen LogP contribution >= 0.6 is 0 Å². The first-order valence-electron chi connectivity index (χ1n) is 7.58. The van der Waals surface area contributed by atoms with Crippen LogP contribution in [0.1, 0.15) is 30.1 Å². The largest absolute Gasteiger partial charge is 0.416 e. The van der Waals surface area contributed by atoms with Crippen molar-refractivity contribution in [1.29, 1.82) is 0 Å². The van der Waals surface area contributed by atoms with Gasteiger partial charge in [-0.3, -0.25) is 4.90 Å². The molecule has 122 valence electrons. The van der Waals surface area contributed by atoms with E-state index in [-0.39, 0.29) is 6.10 Å². The van der Waals surface area contributed by atoms with E-state index < -0.39 is 17.8 Å². The Kier molecular flexibility index (Phi) is 4.18. The molecule has 0 spiro atoms. The summed E-state index contributed by atoms with van der Waals surface area (Å²) in [4.78, 5) is 2.09. The third kappa shape index (κ3) is 3.29. The molecule has 3 nitrogen and oxygen atoms in total. The Hall–Kier alpha value is -1.11. The Morgan fingerprint density at radius 1 is 1.18 bits per heavy atom. The molecule has 0 bridgehead atoms. The molecule has 1 aromatic carbocycles. The molecule has 22 heavy (non-hydrogen) atoms. The normalized spacial score (nSPS) is 30.5. The molecule has 3 rings (SSSR count). The van der Waals surface area contributed by atoms with Crippen LogP contribution < -0.4 is 0 Å². The number of likely N-dealkylation sites (tertiary alicyclic amines) is 1. The summed E-state index contributed by atoms with van der Waals surface area (Å²) in [6.07, 6.45) is -3.95. The molecule has 4 atom stereocenters. The first-order valence-corrected chi connectivity index (χ1v) is 7.58. The number of aliphatic hydroxyl groups excluding tert-OH is 2. The molecule has 1 aliphatic carbocycles. The van der Waals surface area contributed by atoms with Crippen LogP contribution in [0.15, 0.2) is 24.3 Å². The molecular weight excluding hydrogens is 295 g/mol. The average Bonchev–Trinajstić information content (AvgIpc) is 2.94. The van der Waals surface area contributed by atoms with Crippen LogP contribution in [0.3, 0.4) is 0 Å². The summed E-state index contributed by atoms with van der Waals surface area (Å²) >= 11 is 0. The predicted octanol–water partition coefficient (Wildman–Crippen LogP) is 2.44. The SMILES string of the molecule is OC1C[C@@H]2CN(CC(O)c3cccc(C(F)(F)F)c3)C[C@@H]2C1. The lowest BCUT2D eigenvalue weighted by molar-refractivity contribution is -0.137. The molecule has 0 radical (unpaired) electrons. The Balaban J connectivity index is 1.62. The summed E-state index contributed by atoms with van der Waals surface area (Å²) in [7, 11) is 0. The second-order valence-electron chi connectivity index (χ2n) is 6.50. The van der Waals surface area contributed by atoms with Crippen LogP contribution in [0.5, 0.6) is 0 Å². The third-order valence-corrected chi connectivity index (χ3v) is 4.83. The number of hydrogen-bond donors (Lipinski definition) is 2. The Morgan fingerprint density at radius 2 is 1.82 bits per heavy atom. The molecular formula is C16H20F3NO2. The fraction of sp³-hybridized carbons (Fsp3) is 0.625. The van der Waals surface area contributed by atoms with Crippen LogP contribution in [0, 0.1) is 11.8 Å². The van der Waals surface area contributed by atoms with Crippen molar-refractivity contribution in [2.24, 2.45) is 11.8 Å². The minimum Gasteiger partial charge on any atom is -0.393 e. The number of hydrogen-bond acceptors (Lipinski definition) is 3. The standard InChI is InChI=1S/C16H20F3NO2/c17-16(18,19)13-3-1-2-10(4-13)15(22)9-20-7-11-5-14(21)6-12(11)8-20/h1-4,11-12,14-15,21-22H,5-9H2/t11-,12+,14?,15?. The highest BCUT2D eigenvalue weighted by Gasteiger charge is 2.40. The summed E-state index contributed by atoms with van der Waals surface area (Å²) < 4.78 is 38.1. The topological polar surface area (TPSA) is 43.7 Å². The predicted molar refractivity (Wildman–Crippen MR) is 75.1 cm³/mol. The molecule has 1 saturated carbocycles. The fourth-order valence-electron chi connectivity index (χ4n) is 3.79. The van der Waals surface area contributed by atoms with Gasteiger partial charge in [-0.15, -0.1) is 0 Å². The summed E-state index contributed by atoms with van der Waals surface area (Å²) in [6.45, 7) is 1.94. The quantitative estimate of drug-likeness (QED) is 0.900. The molecule has 1 aliphatic heterocycles. The van der Waals surface area contributed by atoms with Gasteiger partial charge >= 0.3 is 6.18 Å². The lowest BCUT2D eigenvalue weighted by Gasteiger charge is -2.22. The zero-order valence-electron chi connectivity index (χ0n) is 12.1. The van der Waals surface area contributed by atoms with Gasteiger partial charge in [-0.1, -0.05) is 12.1 Å². The number of rotatable bonds is 3. The van der Waals surface area contributed by atoms with E-state index >= 15 is 0 Å². The van der Waals surface area contributed by atoms with Gasteiger partial charge in [0.05, 0.1) is 17.8 Å². The molecule has 2 N–H and O–H groups in total. The first kappa shape index (κ1) is 15.8. The van der Waals surface area contributed by atoms with Crippen LogP contribution in [0.2, 0.25) is 0 Å². The third-order valence-electron chi connectivity index (χ3n) is 4.83. The van der Waals surface area contributed by atoms with E-state index in [1.54, 1.807) is 0 Å². The van der Waals surface area contributed by atoms with Gasteiger partial charge in [-0.05, 0) is 42.4 Å². The number of benzene rings is 1. The smallest absolute Gasteiger partial charge is 0.393 e. The van der Waals surface area contributed by atoms with Crippen molar-refractivity contribution < 1.29 is 23.4 Å². The highest BCUT2D eigenvalue weighted by molar-refractivity contribution is 5.27. The molecule has 2 fully saturated rings. The second-order valence-corrected chi connectivity index (χ2v) is 6.50. The molecule has 1 aromatic rings. The van der Waals surface area contributed by atoms with Gasteiger partial charge in [-0.25, -0.2) is 0 Å². The van der Waals surface area contributed by atoms with Gasteiger partial charge in [-0.2, -0.15) is 13.2 Å². The van der Waals surface area contributed by atoms with E-state index in [0.717, 1.165) is 38.1 Å². The number of alkyl halides is 3. The summed E-state index contributed by atoms with van der Waals surface area (Å²) in [5.41, 5.74) is -0.433. The van der Waals surface area contributed by atoms with Crippen molar-refractivity contribution in [3.8, 4) is 0 Å². The van der Waals surface area contributed by atoms with E-state index in [2.05, 4.69) is 4.90 Å². The minimum absolute atomic E-state index is 0.217. The van der Waals surface area contributed by atoms with Crippen LogP contribution in [-0.4, -0.2) is 40.9 Å². The van der Waals surface area contributed by atoms with Crippen LogP contribution in [0.4, 0.5) is 13.2 Å². The number of halogens is 3. The van der Waals surface area contributed by atoms with E-state index in [9.17, 15) is 23.4 Å². The number of aliphatic hydroxyl groups is 2. The molecule has 1 heterocycles. The van der Waals surface area contributed by atoms with Crippen molar-refractivity contribution >= 4 is 0 Å². The van der Waals surface area contributed by atoms with E-state index in [1.165, 1.54) is 12.1 Å². The van der Waals surface area contributed by atoms with Gasteiger partial charge < -0.3 is 10.2 Å². The molecule has 0 aromatic heterocycles. The lowest BCUT2D eigenvalue weighted by atomic mass is 10.0. The van der Waals surface area contributed by atoms with Gasteiger partial charge in [0.25, 0.3) is 0 Å². The molecule has 1 saturated heterocycles. The van der Waals surface area contributed by atoms with Crippen molar-refractivity contribution in [3.63, 3.8) is 0 Å². The monoisotopic (exact) mass is 315 g/mol. The summed E-state index contributed by atoms with van der Waals surface area (Å²) in [5.74, 6) is 0.896.